The zero-order chi connectivity index (χ0) is 12.8. The molecule has 0 N–H and O–H groups in total. The van der Waals surface area contributed by atoms with E-state index >= 15 is 0 Å². The van der Waals surface area contributed by atoms with E-state index in [2.05, 4.69) is 4.90 Å². The van der Waals surface area contributed by atoms with Crippen LogP contribution in [0.15, 0.2) is 0 Å². The van der Waals surface area contributed by atoms with Gasteiger partial charge in [0.05, 0.1) is 0 Å². The number of piperazine rings is 1. The zero-order valence-electron chi connectivity index (χ0n) is 11.6. The number of amides is 2. The Morgan fingerprint density at radius 1 is 1.11 bits per heavy atom. The van der Waals surface area contributed by atoms with Gasteiger partial charge in [0.25, 0.3) is 0 Å². The number of likely N-dealkylation sites (tertiary alicyclic amines) is 1. The van der Waals surface area contributed by atoms with Gasteiger partial charge in [-0.25, -0.2) is 0 Å². The van der Waals surface area contributed by atoms with E-state index in [0.717, 1.165) is 39.3 Å². The van der Waals surface area contributed by atoms with E-state index in [-0.39, 0.29) is 38.6 Å². The molecule has 0 atom stereocenters. The van der Waals surface area contributed by atoms with Gasteiger partial charge in [-0.15, -0.1) is 0 Å². The predicted molar refractivity (Wildman–Crippen MR) is 66.2 cm³/mol. The fourth-order valence-corrected chi connectivity index (χ4v) is 2.12. The number of hydrogen-bond acceptors (Lipinski definition) is 3. The molecular formula is C12H22N3O2Y-. The van der Waals surface area contributed by atoms with Crippen molar-refractivity contribution in [2.75, 3.05) is 39.3 Å². The van der Waals surface area contributed by atoms with Crippen LogP contribution < -0.4 is 0 Å². The average molecular weight is 329 g/mol. The van der Waals surface area contributed by atoms with E-state index in [1.54, 1.807) is 11.8 Å². The van der Waals surface area contributed by atoms with Crippen LogP contribution >= 0.6 is 0 Å². The van der Waals surface area contributed by atoms with Gasteiger partial charge in [-0.3, -0.25) is 9.69 Å². The van der Waals surface area contributed by atoms with Crippen molar-refractivity contribution in [2.24, 2.45) is 0 Å². The molecule has 0 aromatic heterocycles. The maximum atomic E-state index is 11.0. The van der Waals surface area contributed by atoms with Crippen molar-refractivity contribution in [3.8, 4) is 0 Å². The molecule has 2 saturated heterocycles. The summed E-state index contributed by atoms with van der Waals surface area (Å²) < 4.78 is 0. The molecule has 0 saturated carbocycles. The number of nitrogens with zero attached hydrogens (tertiary/aromatic N) is 3. The van der Waals surface area contributed by atoms with Crippen molar-refractivity contribution in [1.82, 2.24) is 14.7 Å². The Labute approximate surface area is 135 Å². The van der Waals surface area contributed by atoms with Gasteiger partial charge in [-0.1, -0.05) is 13.8 Å². The Balaban J connectivity index is 0.000000917. The maximum Gasteiger partial charge on any atom is 0.219 e. The van der Waals surface area contributed by atoms with Crippen LogP contribution in [0.3, 0.4) is 0 Å². The minimum Gasteiger partial charge on any atom is -0.520 e. The van der Waals surface area contributed by atoms with Gasteiger partial charge in [0.2, 0.25) is 5.91 Å². The molecule has 6 heteroatoms. The Kier molecular flexibility index (Phi) is 9.00. The summed E-state index contributed by atoms with van der Waals surface area (Å²) in [5.41, 5.74) is 0. The molecule has 2 aliphatic rings. The van der Waals surface area contributed by atoms with E-state index < -0.39 is 0 Å². The third-order valence-electron chi connectivity index (χ3n) is 3.27. The molecule has 2 aliphatic heterocycles. The molecule has 2 rings (SSSR count). The standard InChI is InChI=1S/C10H16N3O2.C2H6.Y/c1-9(15)13-6-10(7-13)12-4-2-11(8-14)3-5-12;1-2;/h10H,2-7H2,1H3;1-2H3;/q-1;;. The van der Waals surface area contributed by atoms with Crippen molar-refractivity contribution >= 4 is 12.3 Å². The summed E-state index contributed by atoms with van der Waals surface area (Å²) in [5, 5.41) is 0. The van der Waals surface area contributed by atoms with Crippen LogP contribution in [0.2, 0.25) is 0 Å². The third kappa shape index (κ3) is 4.59. The molecule has 0 unspecified atom stereocenters. The van der Waals surface area contributed by atoms with E-state index in [1.807, 2.05) is 25.2 Å². The first-order valence-corrected chi connectivity index (χ1v) is 6.33. The first kappa shape index (κ1) is 18.0. The van der Waals surface area contributed by atoms with Crippen LogP contribution in [0, 0.1) is 0 Å². The molecule has 2 amide bonds. The topological polar surface area (TPSA) is 43.9 Å². The first-order valence-electron chi connectivity index (χ1n) is 6.33. The predicted octanol–water partition coefficient (Wildman–Crippen LogP) is -0.0744. The molecule has 0 aromatic carbocycles. The Bertz CT molecular complexity index is 262. The number of carbonyl (C=O) groups excluding carboxylic acids is 2. The smallest absolute Gasteiger partial charge is 0.219 e. The van der Waals surface area contributed by atoms with E-state index in [9.17, 15) is 9.59 Å². The van der Waals surface area contributed by atoms with Crippen molar-refractivity contribution in [1.29, 1.82) is 0 Å². The minimum absolute atomic E-state index is 0. The van der Waals surface area contributed by atoms with Crippen molar-refractivity contribution < 1.29 is 42.3 Å². The SMILES string of the molecule is CC.CC(=O)N1CC(N2CCN([C-]=O)CC2)C1.[Y]. The van der Waals surface area contributed by atoms with Crippen LogP contribution in [-0.4, -0.2) is 72.3 Å². The van der Waals surface area contributed by atoms with Gasteiger partial charge in [-0.2, -0.15) is 6.41 Å². The quantitative estimate of drug-likeness (QED) is 0.666. The third-order valence-corrected chi connectivity index (χ3v) is 3.27. The minimum atomic E-state index is 0. The van der Waals surface area contributed by atoms with Crippen LogP contribution in [-0.2, 0) is 42.3 Å². The Hall–Kier alpha value is 0.00390. The molecule has 0 aliphatic carbocycles. The van der Waals surface area contributed by atoms with Gasteiger partial charge in [0, 0.05) is 84.9 Å². The molecular weight excluding hydrogens is 307 g/mol. The molecule has 0 spiro atoms. The Morgan fingerprint density at radius 2 is 1.61 bits per heavy atom. The maximum absolute atomic E-state index is 11.0. The van der Waals surface area contributed by atoms with Gasteiger partial charge >= 0.3 is 0 Å². The molecule has 2 fully saturated rings. The zero-order valence-corrected chi connectivity index (χ0v) is 14.4. The van der Waals surface area contributed by atoms with E-state index in [0.29, 0.717) is 6.04 Å². The largest absolute Gasteiger partial charge is 0.520 e. The monoisotopic (exact) mass is 329 g/mol. The molecule has 18 heavy (non-hydrogen) atoms. The van der Waals surface area contributed by atoms with E-state index in [4.69, 9.17) is 0 Å². The average Bonchev–Trinajstić information content (AvgIpc) is 2.30. The second kappa shape index (κ2) is 8.99. The van der Waals surface area contributed by atoms with Crippen LogP contribution in [0.4, 0.5) is 0 Å². The summed E-state index contributed by atoms with van der Waals surface area (Å²) in [5.74, 6) is 0.158. The second-order valence-electron chi connectivity index (χ2n) is 4.19. The summed E-state index contributed by atoms with van der Waals surface area (Å²) >= 11 is 0. The molecule has 0 aromatic rings. The first-order chi connectivity index (χ1) is 8.20. The van der Waals surface area contributed by atoms with Crippen molar-refractivity contribution in [2.45, 2.75) is 26.8 Å². The molecule has 0 bridgehead atoms. The number of rotatable bonds is 2. The van der Waals surface area contributed by atoms with Crippen molar-refractivity contribution in [3.05, 3.63) is 0 Å². The summed E-state index contributed by atoms with van der Waals surface area (Å²) in [6.45, 7) is 10.6. The van der Waals surface area contributed by atoms with Gasteiger partial charge in [0.15, 0.2) is 0 Å². The fraction of sp³-hybridized carbons (Fsp3) is 0.833. The number of hydrogen-bond donors (Lipinski definition) is 0. The van der Waals surface area contributed by atoms with E-state index in [1.165, 1.54) is 0 Å². The van der Waals surface area contributed by atoms with Gasteiger partial charge in [-0.05, 0) is 0 Å². The van der Waals surface area contributed by atoms with Crippen LogP contribution in [0.5, 0.6) is 0 Å². The van der Waals surface area contributed by atoms with Crippen molar-refractivity contribution in [3.63, 3.8) is 0 Å². The van der Waals surface area contributed by atoms with Crippen LogP contribution in [0.25, 0.3) is 0 Å². The summed E-state index contributed by atoms with van der Waals surface area (Å²) in [6.07, 6.45) is 1.92. The van der Waals surface area contributed by atoms with Gasteiger partial charge < -0.3 is 14.6 Å². The molecule has 1 radical (unpaired) electrons. The Morgan fingerprint density at radius 3 is 2.00 bits per heavy atom. The molecule has 5 nitrogen and oxygen atoms in total. The van der Waals surface area contributed by atoms with Crippen LogP contribution in [0.1, 0.15) is 20.8 Å². The summed E-state index contributed by atoms with van der Waals surface area (Å²) in [6, 6.07) is 0.503. The molecule has 101 valence electrons. The normalized spacial score (nSPS) is 20.2. The number of carbonyl (C=O) groups is 1. The fourth-order valence-electron chi connectivity index (χ4n) is 2.12. The second-order valence-corrected chi connectivity index (χ2v) is 4.19. The summed E-state index contributed by atoms with van der Waals surface area (Å²) in [4.78, 5) is 27.3. The summed E-state index contributed by atoms with van der Waals surface area (Å²) in [7, 11) is 0. The van der Waals surface area contributed by atoms with Gasteiger partial charge in [0.1, 0.15) is 0 Å². The molecule has 2 heterocycles.